The Hall–Kier alpha value is -2.19. The Bertz CT molecular complexity index is 817. The number of carbonyl (C=O) groups is 1. The maximum absolute atomic E-state index is 12.7. The number of piperidine rings is 1. The van der Waals surface area contributed by atoms with E-state index in [1.54, 1.807) is 43.3 Å². The van der Waals surface area contributed by atoms with Gasteiger partial charge in [0.1, 0.15) is 0 Å². The minimum absolute atomic E-state index is 0.163. The van der Waals surface area contributed by atoms with E-state index in [-0.39, 0.29) is 23.2 Å². The molecule has 2 heterocycles. The first kappa shape index (κ1) is 16.7. The van der Waals surface area contributed by atoms with Gasteiger partial charge in [0.25, 0.3) is 0 Å². The van der Waals surface area contributed by atoms with Crippen LogP contribution in [0.15, 0.2) is 45.8 Å². The van der Waals surface area contributed by atoms with Crippen LogP contribution in [0.5, 0.6) is 0 Å². The van der Waals surface area contributed by atoms with Gasteiger partial charge in [-0.3, -0.25) is 10.1 Å². The third kappa shape index (κ3) is 3.49. The molecule has 128 valence electrons. The van der Waals surface area contributed by atoms with Crippen LogP contribution < -0.4 is 5.32 Å². The summed E-state index contributed by atoms with van der Waals surface area (Å²) in [5.74, 6) is -0.387. The highest BCUT2D eigenvalue weighted by Gasteiger charge is 2.33. The van der Waals surface area contributed by atoms with Crippen molar-refractivity contribution in [3.63, 3.8) is 0 Å². The minimum Gasteiger partial charge on any atom is -0.338 e. The Morgan fingerprint density at radius 2 is 2.08 bits per heavy atom. The Kier molecular flexibility index (Phi) is 4.68. The third-order valence-corrected chi connectivity index (χ3v) is 5.89. The van der Waals surface area contributed by atoms with Crippen LogP contribution >= 0.6 is 0 Å². The number of carbonyl (C=O) groups excluding carboxylic acids is 1. The van der Waals surface area contributed by atoms with Gasteiger partial charge < -0.3 is 4.52 Å². The molecule has 1 atom stereocenters. The number of rotatable bonds is 4. The fourth-order valence-corrected chi connectivity index (χ4v) is 4.31. The second kappa shape index (κ2) is 6.74. The van der Waals surface area contributed by atoms with Crippen molar-refractivity contribution in [1.82, 2.24) is 9.46 Å². The molecule has 1 aromatic heterocycles. The number of hydrogen-bond acceptors (Lipinski definition) is 5. The van der Waals surface area contributed by atoms with Gasteiger partial charge in [-0.05, 0) is 31.9 Å². The van der Waals surface area contributed by atoms with E-state index in [0.717, 1.165) is 0 Å². The Balaban J connectivity index is 1.71. The van der Waals surface area contributed by atoms with Gasteiger partial charge in [0.15, 0.2) is 0 Å². The first-order valence-electron chi connectivity index (χ1n) is 7.76. The molecule has 1 fully saturated rings. The zero-order valence-corrected chi connectivity index (χ0v) is 14.1. The molecule has 0 spiro atoms. The standard InChI is InChI=1S/C16H19N3O4S/c1-12-10-15(23-18-12)17-16(20)13-6-5-9-19(11-13)24(21,22)14-7-3-2-4-8-14/h2-4,7-8,10,13H,5-6,9,11H2,1H3,(H,17,20)/t13-/m0/s1. The predicted molar refractivity (Wildman–Crippen MR) is 87.8 cm³/mol. The van der Waals surface area contributed by atoms with Gasteiger partial charge in [-0.15, -0.1) is 0 Å². The number of hydrogen-bond donors (Lipinski definition) is 1. The number of anilines is 1. The maximum Gasteiger partial charge on any atom is 0.243 e. The van der Waals surface area contributed by atoms with Crippen LogP contribution in [0, 0.1) is 12.8 Å². The Labute approximate surface area is 140 Å². The van der Waals surface area contributed by atoms with E-state index in [1.165, 1.54) is 4.31 Å². The Morgan fingerprint density at radius 3 is 2.75 bits per heavy atom. The second-order valence-corrected chi connectivity index (χ2v) is 7.77. The zero-order valence-electron chi connectivity index (χ0n) is 13.3. The van der Waals surface area contributed by atoms with E-state index < -0.39 is 15.9 Å². The molecule has 0 saturated carbocycles. The first-order valence-corrected chi connectivity index (χ1v) is 9.20. The Morgan fingerprint density at radius 1 is 1.33 bits per heavy atom. The number of aryl methyl sites for hydroxylation is 1. The van der Waals surface area contributed by atoms with Crippen LogP contribution in [0.1, 0.15) is 18.5 Å². The third-order valence-electron chi connectivity index (χ3n) is 4.01. The topological polar surface area (TPSA) is 92.5 Å². The van der Waals surface area contributed by atoms with E-state index in [0.29, 0.717) is 25.1 Å². The lowest BCUT2D eigenvalue weighted by Gasteiger charge is -2.31. The molecule has 1 saturated heterocycles. The van der Waals surface area contributed by atoms with Crippen molar-refractivity contribution in [2.45, 2.75) is 24.7 Å². The second-order valence-electron chi connectivity index (χ2n) is 5.84. The van der Waals surface area contributed by atoms with Gasteiger partial charge >= 0.3 is 0 Å². The minimum atomic E-state index is -3.58. The molecule has 1 amide bonds. The molecule has 1 N–H and O–H groups in total. The molecule has 8 heteroatoms. The van der Waals surface area contributed by atoms with Crippen molar-refractivity contribution in [2.75, 3.05) is 18.4 Å². The van der Waals surface area contributed by atoms with Crippen molar-refractivity contribution in [3.8, 4) is 0 Å². The van der Waals surface area contributed by atoms with E-state index in [4.69, 9.17) is 4.52 Å². The van der Waals surface area contributed by atoms with Crippen LogP contribution in [0.25, 0.3) is 0 Å². The fraction of sp³-hybridized carbons (Fsp3) is 0.375. The van der Waals surface area contributed by atoms with Gasteiger partial charge in [-0.1, -0.05) is 23.4 Å². The molecule has 1 aromatic carbocycles. The molecule has 2 aromatic rings. The fourth-order valence-electron chi connectivity index (χ4n) is 2.76. The average molecular weight is 349 g/mol. The summed E-state index contributed by atoms with van der Waals surface area (Å²) in [6.07, 6.45) is 1.28. The smallest absolute Gasteiger partial charge is 0.243 e. The van der Waals surface area contributed by atoms with Crippen LogP contribution in [0.2, 0.25) is 0 Å². The van der Waals surface area contributed by atoms with Crippen LogP contribution in [0.3, 0.4) is 0 Å². The monoisotopic (exact) mass is 349 g/mol. The molecule has 3 rings (SSSR count). The SMILES string of the molecule is Cc1cc(NC(=O)[C@H]2CCCN(S(=O)(=O)c3ccccc3)C2)on1. The highest BCUT2D eigenvalue weighted by molar-refractivity contribution is 7.89. The van der Waals surface area contributed by atoms with Crippen LogP contribution in [0.4, 0.5) is 5.88 Å². The van der Waals surface area contributed by atoms with E-state index in [1.807, 2.05) is 0 Å². The van der Waals surface area contributed by atoms with Crippen LogP contribution in [-0.4, -0.2) is 36.9 Å². The highest BCUT2D eigenvalue weighted by Crippen LogP contribution is 2.24. The summed E-state index contributed by atoms with van der Waals surface area (Å²) >= 11 is 0. The number of benzene rings is 1. The number of amides is 1. The molecule has 1 aliphatic rings. The lowest BCUT2D eigenvalue weighted by Crippen LogP contribution is -2.43. The number of sulfonamides is 1. The van der Waals surface area contributed by atoms with E-state index in [9.17, 15) is 13.2 Å². The van der Waals surface area contributed by atoms with Crippen molar-refractivity contribution in [1.29, 1.82) is 0 Å². The maximum atomic E-state index is 12.7. The molecular weight excluding hydrogens is 330 g/mol. The summed E-state index contributed by atoms with van der Waals surface area (Å²) in [4.78, 5) is 12.6. The number of aromatic nitrogens is 1. The van der Waals surface area contributed by atoms with Crippen molar-refractivity contribution in [3.05, 3.63) is 42.1 Å². The van der Waals surface area contributed by atoms with Crippen molar-refractivity contribution >= 4 is 21.8 Å². The summed E-state index contributed by atoms with van der Waals surface area (Å²) in [5, 5.41) is 6.37. The van der Waals surface area contributed by atoms with Gasteiger partial charge in [0.2, 0.25) is 21.8 Å². The molecule has 7 nitrogen and oxygen atoms in total. The molecular formula is C16H19N3O4S. The molecule has 0 bridgehead atoms. The van der Waals surface area contributed by atoms with Gasteiger partial charge in [0.05, 0.1) is 16.5 Å². The number of nitrogens with zero attached hydrogens (tertiary/aromatic N) is 2. The predicted octanol–water partition coefficient (Wildman–Crippen LogP) is 2.02. The van der Waals surface area contributed by atoms with E-state index >= 15 is 0 Å². The average Bonchev–Trinajstić information content (AvgIpc) is 3.00. The summed E-state index contributed by atoms with van der Waals surface area (Å²) < 4.78 is 31.7. The molecule has 24 heavy (non-hydrogen) atoms. The lowest BCUT2D eigenvalue weighted by atomic mass is 9.99. The molecule has 0 unspecified atom stereocenters. The quantitative estimate of drug-likeness (QED) is 0.911. The van der Waals surface area contributed by atoms with E-state index in [2.05, 4.69) is 10.5 Å². The number of nitrogens with one attached hydrogen (secondary N) is 1. The van der Waals surface area contributed by atoms with Gasteiger partial charge in [0, 0.05) is 19.2 Å². The summed E-state index contributed by atoms with van der Waals surface area (Å²) in [5.41, 5.74) is 0.669. The first-order chi connectivity index (χ1) is 11.5. The zero-order chi connectivity index (χ0) is 17.2. The normalized spacial score (nSPS) is 19.1. The van der Waals surface area contributed by atoms with Gasteiger partial charge in [-0.25, -0.2) is 8.42 Å². The largest absolute Gasteiger partial charge is 0.338 e. The van der Waals surface area contributed by atoms with Crippen LogP contribution in [-0.2, 0) is 14.8 Å². The summed E-state index contributed by atoms with van der Waals surface area (Å²) in [7, 11) is -3.58. The van der Waals surface area contributed by atoms with Crippen molar-refractivity contribution < 1.29 is 17.7 Å². The van der Waals surface area contributed by atoms with Gasteiger partial charge in [-0.2, -0.15) is 4.31 Å². The summed E-state index contributed by atoms with van der Waals surface area (Å²) in [6.45, 7) is 2.34. The highest BCUT2D eigenvalue weighted by atomic mass is 32.2. The van der Waals surface area contributed by atoms with Crippen molar-refractivity contribution in [2.24, 2.45) is 5.92 Å². The lowest BCUT2D eigenvalue weighted by molar-refractivity contribution is -0.121. The molecule has 0 aliphatic carbocycles. The summed E-state index contributed by atoms with van der Waals surface area (Å²) in [6, 6.07) is 9.90. The molecule has 1 aliphatic heterocycles. The molecule has 0 radical (unpaired) electrons.